The number of benzene rings is 2. The lowest BCUT2D eigenvalue weighted by atomic mass is 9.90. The van der Waals surface area contributed by atoms with E-state index >= 15 is 0 Å². The number of methoxy groups -OCH3 is 1. The van der Waals surface area contributed by atoms with Crippen LogP contribution in [0.2, 0.25) is 0 Å². The highest BCUT2D eigenvalue weighted by molar-refractivity contribution is 6.00. The van der Waals surface area contributed by atoms with Gasteiger partial charge in [0.25, 0.3) is 5.91 Å². The van der Waals surface area contributed by atoms with Crippen LogP contribution < -0.4 is 10.1 Å². The van der Waals surface area contributed by atoms with Gasteiger partial charge in [0.15, 0.2) is 5.82 Å². The molecule has 1 atom stereocenters. The molecule has 4 aromatic rings. The number of ether oxygens (including phenoxy) is 1. The lowest BCUT2D eigenvalue weighted by molar-refractivity contribution is 0.0671. The van der Waals surface area contributed by atoms with Crippen LogP contribution in [0.4, 0.5) is 0 Å². The highest BCUT2D eigenvalue weighted by atomic mass is 16.5. The van der Waals surface area contributed by atoms with Crippen molar-refractivity contribution in [1.82, 2.24) is 24.3 Å². The van der Waals surface area contributed by atoms with Crippen molar-refractivity contribution in [2.75, 3.05) is 33.3 Å². The van der Waals surface area contributed by atoms with Gasteiger partial charge in [-0.2, -0.15) is 0 Å². The van der Waals surface area contributed by atoms with Gasteiger partial charge in [0.05, 0.1) is 23.8 Å². The summed E-state index contributed by atoms with van der Waals surface area (Å²) in [6.07, 6.45) is 9.61. The van der Waals surface area contributed by atoms with E-state index in [0.29, 0.717) is 17.2 Å². The van der Waals surface area contributed by atoms with Gasteiger partial charge in [0, 0.05) is 37.6 Å². The fraction of sp³-hybridized carbons (Fsp3) is 0.543. The largest absolute Gasteiger partial charge is 0.494 e. The molecule has 2 aromatic carbocycles. The second kappa shape index (κ2) is 11.4. The molecular weight excluding hydrogens is 522 g/mol. The van der Waals surface area contributed by atoms with Gasteiger partial charge in [-0.25, -0.2) is 4.98 Å². The Balaban J connectivity index is 1.31. The molecule has 1 amide bonds. The van der Waals surface area contributed by atoms with Crippen LogP contribution in [0.1, 0.15) is 67.8 Å². The maximum absolute atomic E-state index is 13.7. The molecule has 0 radical (unpaired) electrons. The number of imidazole rings is 1. The summed E-state index contributed by atoms with van der Waals surface area (Å²) in [5, 5.41) is 4.82. The molecule has 42 heavy (non-hydrogen) atoms. The summed E-state index contributed by atoms with van der Waals surface area (Å²) in [6, 6.07) is 13.1. The molecule has 7 rings (SSSR count). The van der Waals surface area contributed by atoms with Crippen LogP contribution in [0.3, 0.4) is 0 Å². The van der Waals surface area contributed by atoms with Crippen molar-refractivity contribution in [1.29, 1.82) is 0 Å². The fourth-order valence-corrected chi connectivity index (χ4v) is 7.48. The van der Waals surface area contributed by atoms with E-state index in [0.717, 1.165) is 86.4 Å². The van der Waals surface area contributed by atoms with Gasteiger partial charge in [-0.15, -0.1) is 0 Å². The zero-order valence-corrected chi connectivity index (χ0v) is 25.5. The number of hydrogen-bond donors (Lipinski definition) is 1. The van der Waals surface area contributed by atoms with E-state index in [4.69, 9.17) is 9.72 Å². The zero-order chi connectivity index (χ0) is 28.8. The van der Waals surface area contributed by atoms with Crippen LogP contribution in [0.15, 0.2) is 36.4 Å². The molecule has 0 bridgehead atoms. The number of piperidine rings is 2. The summed E-state index contributed by atoms with van der Waals surface area (Å²) in [5.74, 6) is 3.78. The van der Waals surface area contributed by atoms with Gasteiger partial charge in [-0.1, -0.05) is 31.5 Å². The molecule has 1 N–H and O–H groups in total. The first kappa shape index (κ1) is 27.5. The SMILES string of the molecule is CC[C@@H]1CCCN(C(=O)c2cc(OC)c3c(c2)nc(-c2cc4cccc(CC5CCNCC5)c4n2CC2CC2)n3C)C1. The van der Waals surface area contributed by atoms with Crippen LogP contribution >= 0.6 is 0 Å². The van der Waals surface area contributed by atoms with Crippen molar-refractivity contribution in [2.45, 2.75) is 64.8 Å². The molecular formula is C35H45N5O2. The normalized spacial score (nSPS) is 20.1. The van der Waals surface area contributed by atoms with Gasteiger partial charge in [-0.05, 0) is 99.6 Å². The molecule has 1 aliphatic carbocycles. The van der Waals surface area contributed by atoms with E-state index in [-0.39, 0.29) is 5.91 Å². The Morgan fingerprint density at radius 3 is 2.62 bits per heavy atom. The van der Waals surface area contributed by atoms with Gasteiger partial charge < -0.3 is 24.1 Å². The molecule has 2 aliphatic heterocycles. The lowest BCUT2D eigenvalue weighted by Gasteiger charge is -2.32. The van der Waals surface area contributed by atoms with E-state index in [1.165, 1.54) is 48.6 Å². The summed E-state index contributed by atoms with van der Waals surface area (Å²) >= 11 is 0. The molecule has 7 nitrogen and oxygen atoms in total. The maximum atomic E-state index is 13.7. The molecule has 3 aliphatic rings. The molecule has 2 saturated heterocycles. The predicted molar refractivity (Wildman–Crippen MR) is 169 cm³/mol. The van der Waals surface area contributed by atoms with Gasteiger partial charge in [0.1, 0.15) is 11.3 Å². The third kappa shape index (κ3) is 5.10. The topological polar surface area (TPSA) is 64.3 Å². The first-order valence-electron chi connectivity index (χ1n) is 16.2. The summed E-state index contributed by atoms with van der Waals surface area (Å²) < 4.78 is 10.6. The monoisotopic (exact) mass is 567 g/mol. The third-order valence-corrected chi connectivity index (χ3v) is 10.1. The van der Waals surface area contributed by atoms with Gasteiger partial charge in [0.2, 0.25) is 0 Å². The van der Waals surface area contributed by atoms with E-state index in [1.807, 2.05) is 17.0 Å². The van der Waals surface area contributed by atoms with Crippen LogP contribution in [-0.2, 0) is 20.0 Å². The molecule has 2 aromatic heterocycles. The standard InChI is InChI=1S/C35H45N5O2/c1-4-23-7-6-16-39(21-23)35(41)28-18-29-33(31(20-28)42-3)38(2)34(37-29)30-19-27-9-5-8-26(17-24-12-14-36-15-13-24)32(27)40(30)22-25-10-11-25/h5,8-9,18-20,23-25,36H,4,6-7,10-17,21-22H2,1-3H3/t23-/m1/s1. The predicted octanol–water partition coefficient (Wildman–Crippen LogP) is 6.42. The Kier molecular flexibility index (Phi) is 7.47. The Morgan fingerprint density at radius 1 is 1.02 bits per heavy atom. The van der Waals surface area contributed by atoms with Crippen molar-refractivity contribution in [3.05, 3.63) is 47.5 Å². The van der Waals surface area contributed by atoms with Crippen LogP contribution in [0.5, 0.6) is 5.75 Å². The second-order valence-corrected chi connectivity index (χ2v) is 13.0. The molecule has 7 heteroatoms. The Bertz CT molecular complexity index is 1610. The van der Waals surface area contributed by atoms with Crippen molar-refractivity contribution in [3.63, 3.8) is 0 Å². The highest BCUT2D eigenvalue weighted by Gasteiger charge is 2.29. The number of aryl methyl sites for hydroxylation is 1. The summed E-state index contributed by atoms with van der Waals surface area (Å²) in [5.41, 5.74) is 6.42. The number of hydrogen-bond acceptors (Lipinski definition) is 4. The quantitative estimate of drug-likeness (QED) is 0.267. The number of para-hydroxylation sites is 1. The molecule has 0 unspecified atom stereocenters. The van der Waals surface area contributed by atoms with Crippen molar-refractivity contribution in [3.8, 4) is 17.3 Å². The van der Waals surface area contributed by atoms with E-state index in [1.54, 1.807) is 7.11 Å². The van der Waals surface area contributed by atoms with Crippen LogP contribution in [-0.4, -0.2) is 58.2 Å². The minimum Gasteiger partial charge on any atom is -0.494 e. The van der Waals surface area contributed by atoms with Crippen molar-refractivity contribution < 1.29 is 9.53 Å². The zero-order valence-electron chi connectivity index (χ0n) is 25.5. The third-order valence-electron chi connectivity index (χ3n) is 10.1. The fourth-order valence-electron chi connectivity index (χ4n) is 7.48. The van der Waals surface area contributed by atoms with Crippen LogP contribution in [0, 0.1) is 17.8 Å². The second-order valence-electron chi connectivity index (χ2n) is 13.0. The molecule has 3 fully saturated rings. The number of carbonyl (C=O) groups excluding carboxylic acids is 1. The lowest BCUT2D eigenvalue weighted by Crippen LogP contribution is -2.39. The van der Waals surface area contributed by atoms with E-state index in [2.05, 4.69) is 52.7 Å². The number of aromatic nitrogens is 3. The maximum Gasteiger partial charge on any atom is 0.254 e. The van der Waals surface area contributed by atoms with Crippen molar-refractivity contribution >= 4 is 27.8 Å². The number of fused-ring (bicyclic) bond motifs is 2. The summed E-state index contributed by atoms with van der Waals surface area (Å²) in [6.45, 7) is 7.16. The Labute approximate surface area is 249 Å². The average molecular weight is 568 g/mol. The van der Waals surface area contributed by atoms with E-state index in [9.17, 15) is 4.79 Å². The first-order chi connectivity index (χ1) is 20.5. The number of carbonyl (C=O) groups is 1. The Hall–Kier alpha value is -3.32. The summed E-state index contributed by atoms with van der Waals surface area (Å²) in [4.78, 5) is 20.9. The highest BCUT2D eigenvalue weighted by Crippen LogP contribution is 2.39. The molecule has 4 heterocycles. The van der Waals surface area contributed by atoms with Gasteiger partial charge in [-0.3, -0.25) is 4.79 Å². The van der Waals surface area contributed by atoms with Crippen LogP contribution in [0.25, 0.3) is 33.5 Å². The molecule has 0 spiro atoms. The van der Waals surface area contributed by atoms with E-state index < -0.39 is 0 Å². The van der Waals surface area contributed by atoms with Crippen molar-refractivity contribution in [2.24, 2.45) is 24.8 Å². The number of likely N-dealkylation sites (tertiary alicyclic amines) is 1. The number of amides is 1. The molecule has 222 valence electrons. The first-order valence-corrected chi connectivity index (χ1v) is 16.2. The summed E-state index contributed by atoms with van der Waals surface area (Å²) in [7, 11) is 3.78. The average Bonchev–Trinajstić information content (AvgIpc) is 3.69. The minimum absolute atomic E-state index is 0.0888. The molecule has 1 saturated carbocycles. The minimum atomic E-state index is 0.0888. The number of nitrogens with one attached hydrogen (secondary N) is 1. The Morgan fingerprint density at radius 2 is 1.86 bits per heavy atom. The smallest absolute Gasteiger partial charge is 0.254 e. The number of nitrogens with zero attached hydrogens (tertiary/aromatic N) is 4. The number of rotatable bonds is 8. The van der Waals surface area contributed by atoms with Gasteiger partial charge >= 0.3 is 0 Å².